The molecule has 0 radical (unpaired) electrons. The van der Waals surface area contributed by atoms with Crippen LogP contribution >= 0.6 is 64.4 Å². The third-order valence-corrected chi connectivity index (χ3v) is 11.8. The van der Waals surface area contributed by atoms with E-state index in [0.29, 0.717) is 21.3 Å². The van der Waals surface area contributed by atoms with Gasteiger partial charge in [-0.1, -0.05) is 34.4 Å². The highest BCUT2D eigenvalue weighted by molar-refractivity contribution is 9.26. The van der Waals surface area contributed by atoms with Crippen LogP contribution in [0.2, 0.25) is 0 Å². The predicted molar refractivity (Wildman–Crippen MR) is 84.9 cm³/mol. The first-order valence-electron chi connectivity index (χ1n) is 5.71. The summed E-state index contributed by atoms with van der Waals surface area (Å²) in [6.07, 6.45) is 7.58. The summed E-state index contributed by atoms with van der Waals surface area (Å²) >= 11 is 12.5. The van der Waals surface area contributed by atoms with Gasteiger partial charge in [0.25, 0.3) is 0 Å². The molecule has 2 fully saturated rings. The third-order valence-electron chi connectivity index (χ3n) is 3.10. The molecule has 0 N–H and O–H groups in total. The van der Waals surface area contributed by atoms with Crippen molar-refractivity contribution in [2.24, 2.45) is 0 Å². The van der Waals surface area contributed by atoms with E-state index in [1.54, 1.807) is 0 Å². The van der Waals surface area contributed by atoms with E-state index in [0.717, 1.165) is 0 Å². The molecule has 4 atom stereocenters. The molecule has 0 aromatic heterocycles. The van der Waals surface area contributed by atoms with Gasteiger partial charge in [0.1, 0.15) is 0 Å². The fraction of sp³-hybridized carbons (Fsp3) is 1.00. The number of alkyl halides is 2. The lowest BCUT2D eigenvalue weighted by molar-refractivity contribution is 0.888. The number of hydrogen-bond donors (Lipinski definition) is 0. The molecule has 6 heteroatoms. The van der Waals surface area contributed by atoms with Crippen LogP contribution in [0.15, 0.2) is 0 Å². The maximum absolute atomic E-state index is 6.24. The van der Waals surface area contributed by atoms with Crippen molar-refractivity contribution in [3.05, 3.63) is 0 Å². The van der Waals surface area contributed by atoms with Crippen molar-refractivity contribution in [1.29, 1.82) is 0 Å². The van der Waals surface area contributed by atoms with Gasteiger partial charge in [0.2, 0.25) is 0 Å². The molecular weight excluding hydrogens is 319 g/mol. The number of rotatable bonds is 5. The van der Waals surface area contributed by atoms with Crippen molar-refractivity contribution in [2.45, 2.75) is 59.8 Å². The van der Waals surface area contributed by atoms with Crippen LogP contribution < -0.4 is 0 Å². The Bertz CT molecular complexity index is 195. The van der Waals surface area contributed by atoms with Crippen molar-refractivity contribution >= 4 is 64.4 Å². The third kappa shape index (κ3) is 4.27. The van der Waals surface area contributed by atoms with Gasteiger partial charge in [-0.15, -0.1) is 23.2 Å². The Labute approximate surface area is 123 Å². The predicted octanol–water partition coefficient (Wildman–Crippen LogP) is 5.98. The average molecular weight is 335 g/mol. The molecule has 0 aliphatic heterocycles. The molecule has 2 saturated carbocycles. The Morgan fingerprint density at radius 1 is 0.688 bits per heavy atom. The summed E-state index contributed by atoms with van der Waals surface area (Å²) in [5, 5.41) is 2.12. The minimum Gasteiger partial charge on any atom is -0.122 e. The van der Waals surface area contributed by atoms with Crippen LogP contribution in [0.25, 0.3) is 0 Å². The number of halogens is 2. The molecule has 2 rings (SSSR count). The molecule has 0 spiro atoms. The fourth-order valence-electron chi connectivity index (χ4n) is 2.11. The quantitative estimate of drug-likeness (QED) is 0.344. The highest BCUT2D eigenvalue weighted by atomic mass is 35.5. The summed E-state index contributed by atoms with van der Waals surface area (Å²) in [6.45, 7) is 0. The first kappa shape index (κ1) is 14.4. The Hall–Kier alpha value is 1.98. The molecule has 0 amide bonds. The zero-order valence-corrected chi connectivity index (χ0v) is 13.7. The van der Waals surface area contributed by atoms with E-state index in [2.05, 4.69) is 0 Å². The molecule has 0 nitrogen and oxygen atoms in total. The van der Waals surface area contributed by atoms with Gasteiger partial charge in [-0.3, -0.25) is 0 Å². The highest BCUT2D eigenvalue weighted by Crippen LogP contribution is 2.52. The summed E-state index contributed by atoms with van der Waals surface area (Å²) in [5.74, 6) is 0. The minimum absolute atomic E-state index is 0.398. The molecule has 2 aliphatic carbocycles. The van der Waals surface area contributed by atoms with Gasteiger partial charge < -0.3 is 0 Å². The van der Waals surface area contributed by atoms with Crippen LogP contribution in [-0.4, -0.2) is 21.3 Å². The molecule has 0 heterocycles. The van der Waals surface area contributed by atoms with E-state index in [4.69, 9.17) is 23.2 Å². The molecule has 0 aromatic rings. The molecule has 1 unspecified atom stereocenters. The van der Waals surface area contributed by atoms with Gasteiger partial charge in [-0.25, -0.2) is 0 Å². The maximum Gasteiger partial charge on any atom is 0.0463 e. The van der Waals surface area contributed by atoms with Crippen molar-refractivity contribution in [3.63, 3.8) is 0 Å². The van der Waals surface area contributed by atoms with Crippen LogP contribution in [0.4, 0.5) is 0 Å². The standard InChI is InChI=1S/C10H16Cl2S4/c11-7-3-1-5-9(7)13-15-16-14-10-6-2-4-8(10)12/h7-10H,1-6H2/t7-,8+,9-,10?/m1/s1. The molecule has 16 heavy (non-hydrogen) atoms. The molecule has 0 bridgehead atoms. The first-order chi connectivity index (χ1) is 7.77. The summed E-state index contributed by atoms with van der Waals surface area (Å²) < 4.78 is 0. The zero-order chi connectivity index (χ0) is 11.4. The van der Waals surface area contributed by atoms with E-state index in [-0.39, 0.29) is 0 Å². The van der Waals surface area contributed by atoms with Crippen molar-refractivity contribution in [2.75, 3.05) is 0 Å². The largest absolute Gasteiger partial charge is 0.122 e. The molecule has 2 aliphatic rings. The Balaban J connectivity index is 1.54. The van der Waals surface area contributed by atoms with E-state index in [9.17, 15) is 0 Å². The summed E-state index contributed by atoms with van der Waals surface area (Å²) in [5.41, 5.74) is 0. The lowest BCUT2D eigenvalue weighted by atomic mass is 10.4. The van der Waals surface area contributed by atoms with E-state index in [1.165, 1.54) is 38.5 Å². The first-order valence-corrected chi connectivity index (χ1v) is 11.5. The molecule has 94 valence electrons. The minimum atomic E-state index is 0.398. The normalized spacial score (nSPS) is 39.4. The smallest absolute Gasteiger partial charge is 0.0463 e. The van der Waals surface area contributed by atoms with Crippen LogP contribution in [0, 0.1) is 0 Å². The van der Waals surface area contributed by atoms with Gasteiger partial charge in [-0.05, 0) is 45.3 Å². The van der Waals surface area contributed by atoms with Gasteiger partial charge in [0.15, 0.2) is 0 Å². The average Bonchev–Trinajstić information content (AvgIpc) is 2.84. The zero-order valence-electron chi connectivity index (χ0n) is 8.94. The van der Waals surface area contributed by atoms with Gasteiger partial charge in [0, 0.05) is 21.3 Å². The van der Waals surface area contributed by atoms with Crippen LogP contribution in [0.1, 0.15) is 38.5 Å². The maximum atomic E-state index is 6.24. The van der Waals surface area contributed by atoms with E-state index in [1.807, 2.05) is 41.2 Å². The van der Waals surface area contributed by atoms with Crippen molar-refractivity contribution < 1.29 is 0 Å². The highest BCUT2D eigenvalue weighted by Gasteiger charge is 2.28. The SMILES string of the molecule is Cl[C@@H]1CCC[C@H]1SSSSC1CCC[C@@H]1Cl. The van der Waals surface area contributed by atoms with Crippen LogP contribution in [-0.2, 0) is 0 Å². The van der Waals surface area contributed by atoms with Gasteiger partial charge in [-0.2, -0.15) is 0 Å². The van der Waals surface area contributed by atoms with Gasteiger partial charge >= 0.3 is 0 Å². The van der Waals surface area contributed by atoms with Crippen LogP contribution in [0.5, 0.6) is 0 Å². The summed E-state index contributed by atoms with van der Waals surface area (Å²) in [4.78, 5) is 0. The summed E-state index contributed by atoms with van der Waals surface area (Å²) in [7, 11) is 7.71. The second kappa shape index (κ2) is 7.54. The topological polar surface area (TPSA) is 0 Å². The Kier molecular flexibility index (Phi) is 6.78. The fourth-order valence-corrected chi connectivity index (χ4v) is 11.0. The second-order valence-electron chi connectivity index (χ2n) is 4.30. The monoisotopic (exact) mass is 334 g/mol. The molecular formula is C10H16Cl2S4. The van der Waals surface area contributed by atoms with Gasteiger partial charge in [0.05, 0.1) is 0 Å². The summed E-state index contributed by atoms with van der Waals surface area (Å²) in [6, 6.07) is 0. The second-order valence-corrected chi connectivity index (χ2v) is 11.7. The Morgan fingerprint density at radius 3 is 1.44 bits per heavy atom. The molecule has 0 saturated heterocycles. The van der Waals surface area contributed by atoms with E-state index < -0.39 is 0 Å². The van der Waals surface area contributed by atoms with Crippen molar-refractivity contribution in [1.82, 2.24) is 0 Å². The lowest BCUT2D eigenvalue weighted by Gasteiger charge is -2.13. The number of hydrogen-bond acceptors (Lipinski definition) is 4. The lowest BCUT2D eigenvalue weighted by Crippen LogP contribution is -2.07. The Morgan fingerprint density at radius 2 is 1.12 bits per heavy atom. The van der Waals surface area contributed by atoms with Crippen molar-refractivity contribution in [3.8, 4) is 0 Å². The van der Waals surface area contributed by atoms with E-state index >= 15 is 0 Å². The molecule has 0 aromatic carbocycles. The van der Waals surface area contributed by atoms with Crippen LogP contribution in [0.3, 0.4) is 0 Å².